The summed E-state index contributed by atoms with van der Waals surface area (Å²) in [5, 5.41) is 1.06. The number of halogens is 3. The van der Waals surface area contributed by atoms with Gasteiger partial charge in [0, 0.05) is 37.6 Å². The van der Waals surface area contributed by atoms with Crippen LogP contribution in [-0.4, -0.2) is 39.3 Å². The fraction of sp³-hybridized carbons (Fsp3) is 0.278. The Hall–Kier alpha value is -1.98. The van der Waals surface area contributed by atoms with Gasteiger partial charge in [0.1, 0.15) is 5.82 Å². The fourth-order valence-corrected chi connectivity index (χ4v) is 3.17. The molecule has 0 saturated carbocycles. The van der Waals surface area contributed by atoms with E-state index < -0.39 is 11.8 Å². The molecule has 0 atom stereocenters. The van der Waals surface area contributed by atoms with Gasteiger partial charge in [-0.2, -0.15) is 0 Å². The molecule has 0 amide bonds. The number of esters is 1. The highest BCUT2D eigenvalue weighted by molar-refractivity contribution is 6.42. The quantitative estimate of drug-likeness (QED) is 0.743. The molecule has 0 N–H and O–H groups in total. The predicted octanol–water partition coefficient (Wildman–Crippen LogP) is 4.25. The molecule has 1 fully saturated rings. The van der Waals surface area contributed by atoms with E-state index in [1.807, 2.05) is 12.1 Å². The first-order valence-electron chi connectivity index (χ1n) is 7.82. The number of ether oxygens (including phenoxy) is 1. The van der Waals surface area contributed by atoms with Crippen LogP contribution in [0.15, 0.2) is 36.4 Å². The average Bonchev–Trinajstić information content (AvgIpc) is 2.63. The Bertz CT molecular complexity index is 793. The van der Waals surface area contributed by atoms with E-state index in [4.69, 9.17) is 23.2 Å². The van der Waals surface area contributed by atoms with E-state index in [1.165, 1.54) is 19.2 Å². The van der Waals surface area contributed by atoms with E-state index in [1.54, 1.807) is 12.1 Å². The Morgan fingerprint density at radius 1 is 0.960 bits per heavy atom. The van der Waals surface area contributed by atoms with E-state index in [2.05, 4.69) is 14.5 Å². The van der Waals surface area contributed by atoms with Crippen molar-refractivity contribution in [3.05, 3.63) is 57.8 Å². The van der Waals surface area contributed by atoms with Gasteiger partial charge in [-0.05, 0) is 36.4 Å². The van der Waals surface area contributed by atoms with Gasteiger partial charge < -0.3 is 14.5 Å². The monoisotopic (exact) mass is 382 g/mol. The van der Waals surface area contributed by atoms with Crippen molar-refractivity contribution in [2.75, 3.05) is 43.1 Å². The Morgan fingerprint density at radius 2 is 1.52 bits per heavy atom. The summed E-state index contributed by atoms with van der Waals surface area (Å²) in [6.45, 7) is 3.02. The molecule has 1 saturated heterocycles. The standard InChI is InChI=1S/C18H17Cl2FN2O2/c1-25-18(24)14-4-2-13(11-17(14)21)23-8-6-22(7-9-23)12-3-5-15(19)16(20)10-12/h2-5,10-11H,6-9H2,1H3. The minimum absolute atomic E-state index is 0.0549. The fourth-order valence-electron chi connectivity index (χ4n) is 2.88. The Balaban J connectivity index is 1.69. The summed E-state index contributed by atoms with van der Waals surface area (Å²) in [4.78, 5) is 15.8. The number of hydrogen-bond acceptors (Lipinski definition) is 4. The molecule has 4 nitrogen and oxygen atoms in total. The van der Waals surface area contributed by atoms with Crippen LogP contribution in [0, 0.1) is 5.82 Å². The molecule has 2 aromatic carbocycles. The highest BCUT2D eigenvalue weighted by Gasteiger charge is 2.20. The number of carbonyl (C=O) groups is 1. The Kier molecular flexibility index (Phi) is 5.35. The minimum Gasteiger partial charge on any atom is -0.465 e. The molecular weight excluding hydrogens is 366 g/mol. The van der Waals surface area contributed by atoms with E-state index in [-0.39, 0.29) is 5.56 Å². The summed E-state index contributed by atoms with van der Waals surface area (Å²) in [7, 11) is 1.23. The van der Waals surface area contributed by atoms with Crippen LogP contribution < -0.4 is 9.80 Å². The number of rotatable bonds is 3. The van der Waals surface area contributed by atoms with Gasteiger partial charge in [0.2, 0.25) is 0 Å². The molecule has 25 heavy (non-hydrogen) atoms. The second-order valence-corrected chi connectivity index (χ2v) is 6.54. The molecule has 0 aliphatic carbocycles. The van der Waals surface area contributed by atoms with Gasteiger partial charge in [0.25, 0.3) is 0 Å². The van der Waals surface area contributed by atoms with Crippen LogP contribution in [0.2, 0.25) is 10.0 Å². The van der Waals surface area contributed by atoms with Crippen LogP contribution in [0.25, 0.3) is 0 Å². The SMILES string of the molecule is COC(=O)c1ccc(N2CCN(c3ccc(Cl)c(Cl)c3)CC2)cc1F. The molecule has 7 heteroatoms. The molecule has 0 unspecified atom stereocenters. The lowest BCUT2D eigenvalue weighted by Gasteiger charge is -2.37. The summed E-state index contributed by atoms with van der Waals surface area (Å²) in [5.41, 5.74) is 1.71. The Morgan fingerprint density at radius 3 is 2.04 bits per heavy atom. The lowest BCUT2D eigenvalue weighted by Crippen LogP contribution is -2.46. The average molecular weight is 383 g/mol. The van der Waals surface area contributed by atoms with Gasteiger partial charge >= 0.3 is 5.97 Å². The van der Waals surface area contributed by atoms with Gasteiger partial charge in [-0.1, -0.05) is 23.2 Å². The molecule has 0 radical (unpaired) electrons. The highest BCUT2D eigenvalue weighted by Crippen LogP contribution is 2.28. The van der Waals surface area contributed by atoms with E-state index >= 15 is 0 Å². The number of carbonyl (C=O) groups excluding carboxylic acids is 1. The summed E-state index contributed by atoms with van der Waals surface area (Å²) in [6.07, 6.45) is 0. The number of methoxy groups -OCH3 is 1. The van der Waals surface area contributed by atoms with Crippen LogP contribution in [-0.2, 0) is 4.74 Å². The molecule has 1 aliphatic heterocycles. The van der Waals surface area contributed by atoms with Crippen LogP contribution in [0.1, 0.15) is 10.4 Å². The van der Waals surface area contributed by atoms with Crippen LogP contribution in [0.3, 0.4) is 0 Å². The molecule has 0 bridgehead atoms. The van der Waals surface area contributed by atoms with Crippen molar-refractivity contribution in [3.63, 3.8) is 0 Å². The Labute approximate surface area is 155 Å². The number of nitrogens with zero attached hydrogens (tertiary/aromatic N) is 2. The summed E-state index contributed by atoms with van der Waals surface area (Å²) in [5.74, 6) is -1.25. The number of hydrogen-bond donors (Lipinski definition) is 0. The summed E-state index contributed by atoms with van der Waals surface area (Å²) < 4.78 is 18.7. The molecule has 0 aromatic heterocycles. The second kappa shape index (κ2) is 7.50. The van der Waals surface area contributed by atoms with Crippen molar-refractivity contribution < 1.29 is 13.9 Å². The predicted molar refractivity (Wildman–Crippen MR) is 98.6 cm³/mol. The molecule has 0 spiro atoms. The van der Waals surface area contributed by atoms with Crippen molar-refractivity contribution in [3.8, 4) is 0 Å². The van der Waals surface area contributed by atoms with Gasteiger partial charge in [-0.25, -0.2) is 9.18 Å². The maximum Gasteiger partial charge on any atom is 0.340 e. The number of piperazine rings is 1. The van der Waals surface area contributed by atoms with Crippen LogP contribution >= 0.6 is 23.2 Å². The molecule has 2 aromatic rings. The first-order chi connectivity index (χ1) is 12.0. The zero-order valence-corrected chi connectivity index (χ0v) is 15.1. The largest absolute Gasteiger partial charge is 0.465 e. The normalized spacial score (nSPS) is 14.6. The molecule has 3 rings (SSSR count). The maximum absolute atomic E-state index is 14.1. The topological polar surface area (TPSA) is 32.8 Å². The van der Waals surface area contributed by atoms with Gasteiger partial charge in [-0.3, -0.25) is 0 Å². The first kappa shape index (κ1) is 17.8. The highest BCUT2D eigenvalue weighted by atomic mass is 35.5. The molecular formula is C18H17Cl2FN2O2. The maximum atomic E-state index is 14.1. The summed E-state index contributed by atoms with van der Waals surface area (Å²) >= 11 is 12.0. The first-order valence-corrected chi connectivity index (χ1v) is 8.58. The van der Waals surface area contributed by atoms with Crippen molar-refractivity contribution in [2.24, 2.45) is 0 Å². The number of anilines is 2. The third-order valence-electron chi connectivity index (χ3n) is 4.27. The van der Waals surface area contributed by atoms with Gasteiger partial charge in [0.15, 0.2) is 0 Å². The lowest BCUT2D eigenvalue weighted by molar-refractivity contribution is 0.0595. The third kappa shape index (κ3) is 3.83. The van der Waals surface area contributed by atoms with E-state index in [0.717, 1.165) is 37.6 Å². The summed E-state index contributed by atoms with van der Waals surface area (Å²) in [6, 6.07) is 10.2. The van der Waals surface area contributed by atoms with E-state index in [0.29, 0.717) is 10.0 Å². The number of benzene rings is 2. The second-order valence-electron chi connectivity index (χ2n) is 5.73. The molecule has 1 aliphatic rings. The van der Waals surface area contributed by atoms with Crippen molar-refractivity contribution in [2.45, 2.75) is 0 Å². The smallest absolute Gasteiger partial charge is 0.340 e. The van der Waals surface area contributed by atoms with Crippen LogP contribution in [0.4, 0.5) is 15.8 Å². The van der Waals surface area contributed by atoms with Gasteiger partial charge in [0.05, 0.1) is 22.7 Å². The zero-order chi connectivity index (χ0) is 18.0. The van der Waals surface area contributed by atoms with Crippen molar-refractivity contribution in [1.82, 2.24) is 0 Å². The van der Waals surface area contributed by atoms with Crippen molar-refractivity contribution >= 4 is 40.5 Å². The van der Waals surface area contributed by atoms with Crippen LogP contribution in [0.5, 0.6) is 0 Å². The minimum atomic E-state index is -0.673. The molecule has 132 valence electrons. The molecule has 1 heterocycles. The van der Waals surface area contributed by atoms with Crippen molar-refractivity contribution in [1.29, 1.82) is 0 Å². The van der Waals surface area contributed by atoms with Gasteiger partial charge in [-0.15, -0.1) is 0 Å². The zero-order valence-electron chi connectivity index (χ0n) is 13.6. The lowest BCUT2D eigenvalue weighted by atomic mass is 10.1. The third-order valence-corrected chi connectivity index (χ3v) is 5.01. The van der Waals surface area contributed by atoms with E-state index in [9.17, 15) is 9.18 Å².